The van der Waals surface area contributed by atoms with Gasteiger partial charge in [-0.25, -0.2) is 9.48 Å². The summed E-state index contributed by atoms with van der Waals surface area (Å²) < 4.78 is 4.52. The molecular weight excluding hydrogens is 440 g/mol. The number of hydrogen-bond acceptors (Lipinski definition) is 3. The van der Waals surface area contributed by atoms with Crippen LogP contribution in [-0.2, 0) is 24.3 Å². The number of anilines is 1. The van der Waals surface area contributed by atoms with E-state index in [1.165, 1.54) is 4.68 Å². The second-order valence-electron chi connectivity index (χ2n) is 5.97. The molecular formula is C16H18Br2N4O2. The molecule has 1 aliphatic rings. The molecule has 1 aromatic heterocycles. The Bertz CT molecular complexity index is 818. The topological polar surface area (TPSA) is 68.9 Å². The predicted molar refractivity (Wildman–Crippen MR) is 99.3 cm³/mol. The van der Waals surface area contributed by atoms with Crippen molar-refractivity contribution in [3.8, 4) is 0 Å². The van der Waals surface area contributed by atoms with Gasteiger partial charge in [0, 0.05) is 21.9 Å². The first-order valence-electron chi connectivity index (χ1n) is 7.87. The monoisotopic (exact) mass is 456 g/mol. The highest BCUT2D eigenvalue weighted by atomic mass is 79.9. The van der Waals surface area contributed by atoms with Crippen molar-refractivity contribution in [2.45, 2.75) is 45.7 Å². The standard InChI is InChI=1S/C16H18Br2N4O2/c1-10-7-11(17)15(12(18)8-10)19-14(23)9-22-16(24)21-6-4-2-3-5-13(21)20-22/h7-8H,2-6,9H2,1H3,(H,19,23). The van der Waals surface area contributed by atoms with E-state index in [2.05, 4.69) is 42.3 Å². The van der Waals surface area contributed by atoms with Gasteiger partial charge in [0.1, 0.15) is 12.4 Å². The number of benzene rings is 1. The lowest BCUT2D eigenvalue weighted by Gasteiger charge is -2.10. The smallest absolute Gasteiger partial charge is 0.323 e. The number of amides is 1. The minimum Gasteiger partial charge on any atom is -0.323 e. The molecule has 2 aromatic rings. The molecule has 0 spiro atoms. The van der Waals surface area contributed by atoms with Gasteiger partial charge in [0.15, 0.2) is 0 Å². The van der Waals surface area contributed by atoms with E-state index >= 15 is 0 Å². The zero-order chi connectivity index (χ0) is 17.3. The Labute approximate surface area is 156 Å². The summed E-state index contributed by atoms with van der Waals surface area (Å²) in [4.78, 5) is 24.7. The second kappa shape index (κ2) is 7.23. The van der Waals surface area contributed by atoms with E-state index in [9.17, 15) is 9.59 Å². The quantitative estimate of drug-likeness (QED) is 0.769. The van der Waals surface area contributed by atoms with Crippen LogP contribution in [0.4, 0.5) is 5.69 Å². The van der Waals surface area contributed by atoms with Crippen molar-refractivity contribution < 1.29 is 4.79 Å². The van der Waals surface area contributed by atoms with Gasteiger partial charge in [-0.1, -0.05) is 6.42 Å². The SMILES string of the molecule is Cc1cc(Br)c(NC(=O)Cn2nc3n(c2=O)CCCCC3)c(Br)c1. The number of nitrogens with one attached hydrogen (secondary N) is 1. The molecule has 24 heavy (non-hydrogen) atoms. The molecule has 0 fully saturated rings. The van der Waals surface area contributed by atoms with Gasteiger partial charge in [-0.05, 0) is 69.3 Å². The number of aryl methyl sites for hydroxylation is 2. The highest BCUT2D eigenvalue weighted by Gasteiger charge is 2.18. The van der Waals surface area contributed by atoms with E-state index in [4.69, 9.17) is 0 Å². The van der Waals surface area contributed by atoms with Crippen LogP contribution in [-0.4, -0.2) is 20.3 Å². The molecule has 0 radical (unpaired) electrons. The van der Waals surface area contributed by atoms with Crippen molar-refractivity contribution in [2.24, 2.45) is 0 Å². The van der Waals surface area contributed by atoms with Gasteiger partial charge < -0.3 is 5.32 Å². The summed E-state index contributed by atoms with van der Waals surface area (Å²) in [6.45, 7) is 2.56. The Morgan fingerprint density at radius 1 is 1.25 bits per heavy atom. The molecule has 0 aliphatic carbocycles. The van der Waals surface area contributed by atoms with E-state index in [1.807, 2.05) is 19.1 Å². The maximum absolute atomic E-state index is 12.4. The highest BCUT2D eigenvalue weighted by Crippen LogP contribution is 2.32. The first-order chi connectivity index (χ1) is 11.5. The van der Waals surface area contributed by atoms with Gasteiger partial charge in [0.2, 0.25) is 5.91 Å². The van der Waals surface area contributed by atoms with Crippen LogP contribution in [0, 0.1) is 6.92 Å². The van der Waals surface area contributed by atoms with Gasteiger partial charge in [0.25, 0.3) is 0 Å². The van der Waals surface area contributed by atoms with Crippen LogP contribution >= 0.6 is 31.9 Å². The van der Waals surface area contributed by atoms with E-state index in [-0.39, 0.29) is 18.1 Å². The number of hydrogen-bond donors (Lipinski definition) is 1. The van der Waals surface area contributed by atoms with Crippen molar-refractivity contribution in [2.75, 3.05) is 5.32 Å². The van der Waals surface area contributed by atoms with Gasteiger partial charge in [0.05, 0.1) is 5.69 Å². The lowest BCUT2D eigenvalue weighted by molar-refractivity contribution is -0.117. The molecule has 6 nitrogen and oxygen atoms in total. The van der Waals surface area contributed by atoms with Crippen LogP contribution in [0.3, 0.4) is 0 Å². The Morgan fingerprint density at radius 3 is 2.67 bits per heavy atom. The van der Waals surface area contributed by atoms with E-state index in [0.29, 0.717) is 12.2 Å². The minimum atomic E-state index is -0.282. The van der Waals surface area contributed by atoms with Crippen LogP contribution < -0.4 is 11.0 Å². The molecule has 0 bridgehead atoms. The largest absolute Gasteiger partial charge is 0.346 e. The molecule has 8 heteroatoms. The summed E-state index contributed by atoms with van der Waals surface area (Å²) in [5.41, 5.74) is 1.52. The minimum absolute atomic E-state index is 0.0917. The Morgan fingerprint density at radius 2 is 1.96 bits per heavy atom. The van der Waals surface area contributed by atoms with Gasteiger partial charge >= 0.3 is 5.69 Å². The lowest BCUT2D eigenvalue weighted by atomic mass is 10.2. The van der Waals surface area contributed by atoms with Gasteiger partial charge in [-0.15, -0.1) is 0 Å². The fourth-order valence-corrected chi connectivity index (χ4v) is 4.48. The predicted octanol–water partition coefficient (Wildman–Crippen LogP) is 3.24. The molecule has 1 aliphatic heterocycles. The number of nitrogens with zero attached hydrogens (tertiary/aromatic N) is 3. The maximum Gasteiger partial charge on any atom is 0.346 e. The van der Waals surface area contributed by atoms with Gasteiger partial charge in [-0.2, -0.15) is 5.10 Å². The van der Waals surface area contributed by atoms with E-state index in [1.54, 1.807) is 4.57 Å². The molecule has 3 rings (SSSR count). The summed E-state index contributed by atoms with van der Waals surface area (Å²) >= 11 is 6.90. The van der Waals surface area contributed by atoms with Crippen molar-refractivity contribution in [3.63, 3.8) is 0 Å². The average Bonchev–Trinajstić information content (AvgIpc) is 2.69. The molecule has 1 N–H and O–H groups in total. The van der Waals surface area contributed by atoms with E-state index < -0.39 is 0 Å². The number of fused-ring (bicyclic) bond motifs is 1. The van der Waals surface area contributed by atoms with Crippen molar-refractivity contribution in [3.05, 3.63) is 43.0 Å². The normalized spacial score (nSPS) is 14.1. The summed E-state index contributed by atoms with van der Waals surface area (Å²) in [5, 5.41) is 7.17. The van der Waals surface area contributed by atoms with Crippen LogP contribution in [0.2, 0.25) is 0 Å². The first-order valence-corrected chi connectivity index (χ1v) is 9.46. The molecule has 0 atom stereocenters. The molecule has 128 valence electrons. The second-order valence-corrected chi connectivity index (χ2v) is 7.68. The summed E-state index contributed by atoms with van der Waals surface area (Å²) in [6.07, 6.45) is 3.91. The summed E-state index contributed by atoms with van der Waals surface area (Å²) in [5.74, 6) is 0.499. The molecule has 0 saturated carbocycles. The number of carbonyl (C=O) groups is 1. The van der Waals surface area contributed by atoms with Crippen molar-refractivity contribution in [1.82, 2.24) is 14.3 Å². The molecule has 0 unspecified atom stereocenters. The molecule has 1 aromatic carbocycles. The number of carbonyl (C=O) groups excluding carboxylic acids is 1. The van der Waals surface area contributed by atoms with E-state index in [0.717, 1.165) is 46.0 Å². The van der Waals surface area contributed by atoms with Crippen molar-refractivity contribution in [1.29, 1.82) is 0 Å². The average molecular weight is 458 g/mol. The number of aromatic nitrogens is 3. The zero-order valence-electron chi connectivity index (χ0n) is 13.3. The first kappa shape index (κ1) is 17.4. The Balaban J connectivity index is 1.78. The Kier molecular flexibility index (Phi) is 5.24. The summed E-state index contributed by atoms with van der Waals surface area (Å²) in [6, 6.07) is 3.84. The van der Waals surface area contributed by atoms with Crippen LogP contribution in [0.5, 0.6) is 0 Å². The zero-order valence-corrected chi connectivity index (χ0v) is 16.5. The maximum atomic E-state index is 12.4. The third-order valence-electron chi connectivity index (χ3n) is 4.03. The third kappa shape index (κ3) is 3.64. The fourth-order valence-electron chi connectivity index (χ4n) is 2.86. The molecule has 0 saturated heterocycles. The van der Waals surface area contributed by atoms with Crippen LogP contribution in [0.25, 0.3) is 0 Å². The highest BCUT2D eigenvalue weighted by molar-refractivity contribution is 9.11. The van der Waals surface area contributed by atoms with Gasteiger partial charge in [-0.3, -0.25) is 9.36 Å². The summed E-state index contributed by atoms with van der Waals surface area (Å²) in [7, 11) is 0. The van der Waals surface area contributed by atoms with Crippen LogP contribution in [0.15, 0.2) is 25.9 Å². The fraction of sp³-hybridized carbons (Fsp3) is 0.438. The number of halogens is 2. The number of rotatable bonds is 3. The Hall–Kier alpha value is -1.41. The van der Waals surface area contributed by atoms with Crippen molar-refractivity contribution >= 4 is 43.5 Å². The van der Waals surface area contributed by atoms with Crippen LogP contribution in [0.1, 0.15) is 30.7 Å². The third-order valence-corrected chi connectivity index (χ3v) is 5.28. The lowest BCUT2D eigenvalue weighted by Crippen LogP contribution is -2.30. The molecule has 1 amide bonds. The molecule has 2 heterocycles.